The van der Waals surface area contributed by atoms with Crippen molar-refractivity contribution >= 4 is 39.9 Å². The fourth-order valence-corrected chi connectivity index (χ4v) is 10.8. The fraction of sp³-hybridized carbons (Fsp3) is 0.698. The van der Waals surface area contributed by atoms with Gasteiger partial charge in [-0.25, -0.2) is 18.0 Å². The molecule has 16 nitrogen and oxygen atoms in total. The average Bonchev–Trinajstić information content (AvgIpc) is 4.02. The summed E-state index contributed by atoms with van der Waals surface area (Å²) >= 11 is 0. The zero-order valence-electron chi connectivity index (χ0n) is 34.4. The zero-order valence-corrected chi connectivity index (χ0v) is 35.3. The van der Waals surface area contributed by atoms with Crippen molar-refractivity contribution in [3.8, 4) is 0 Å². The van der Waals surface area contributed by atoms with Crippen LogP contribution in [0.15, 0.2) is 30.4 Å². The Balaban J connectivity index is 0.966. The van der Waals surface area contributed by atoms with Crippen molar-refractivity contribution in [1.82, 2.24) is 30.1 Å². The first-order valence-electron chi connectivity index (χ1n) is 22.2. The summed E-state index contributed by atoms with van der Waals surface area (Å²) in [6.45, 7) is 5.09. The lowest BCUT2D eigenvalue weighted by atomic mass is 10.0. The Labute approximate surface area is 352 Å². The number of aryl methyl sites for hydroxylation is 1. The van der Waals surface area contributed by atoms with E-state index < -0.39 is 74.8 Å². The van der Waals surface area contributed by atoms with Crippen molar-refractivity contribution in [3.63, 3.8) is 0 Å². The maximum absolute atomic E-state index is 14.5. The second kappa shape index (κ2) is 18.4. The van der Waals surface area contributed by atoms with Crippen LogP contribution in [0.25, 0.3) is 0 Å². The third-order valence-electron chi connectivity index (χ3n) is 13.3. The van der Waals surface area contributed by atoms with E-state index in [1.165, 1.54) is 10.5 Å². The number of morpholine rings is 1. The van der Waals surface area contributed by atoms with Crippen LogP contribution in [0.4, 0.5) is 9.59 Å². The van der Waals surface area contributed by atoms with E-state index in [1.54, 1.807) is 4.90 Å². The van der Waals surface area contributed by atoms with Crippen LogP contribution in [0.5, 0.6) is 0 Å². The average molecular weight is 853 g/mol. The van der Waals surface area contributed by atoms with E-state index in [0.29, 0.717) is 45.2 Å². The number of carbonyl (C=O) groups is 5. The Morgan fingerprint density at radius 1 is 0.917 bits per heavy atom. The molecular weight excluding hydrogens is 793 g/mol. The van der Waals surface area contributed by atoms with Crippen LogP contribution < -0.4 is 15.4 Å². The number of benzene rings is 1. The van der Waals surface area contributed by atoms with Crippen LogP contribution >= 0.6 is 0 Å². The first kappa shape index (κ1) is 42.5. The van der Waals surface area contributed by atoms with Crippen molar-refractivity contribution in [3.05, 3.63) is 47.0 Å². The molecule has 5 atom stereocenters. The second-order valence-corrected chi connectivity index (χ2v) is 19.7. The number of nitrogens with one attached hydrogen (secondary N) is 3. The van der Waals surface area contributed by atoms with Crippen LogP contribution in [0, 0.1) is 5.92 Å². The van der Waals surface area contributed by atoms with E-state index in [4.69, 9.17) is 14.2 Å². The van der Waals surface area contributed by atoms with Gasteiger partial charge in [0.15, 0.2) is 0 Å². The standard InChI is InChI=1S/C43H60N6O10S/c50-38-37-24-34(59-42(54)48-26-30-15-14-29(23-31(30)27-48)9-8-18-47-19-21-57-22-20-47)28-49(37)39(51)36(44-41(53)58-33-11-6-7-12-33)13-5-3-1-2-4-10-32-25-43(32,45-38)40(52)46-60(55,56)35-16-17-35/h4,10,14-15,23,32-37H,1-3,5-9,11-13,16-22,24-28H2,(H,44,53)(H,45,50)(H,46,52)/b10-4-/t32-,34+,36-,37-,43+/m0/s1. The highest BCUT2D eigenvalue weighted by Gasteiger charge is 2.62. The van der Waals surface area contributed by atoms with Gasteiger partial charge in [-0.1, -0.05) is 43.2 Å². The SMILES string of the molecule is O=C(N[C@H]1CCCCC/C=C\[C@H]2C[C@@]2(C(=O)NS(=O)(=O)C2CC2)NC(=O)[C@@H]2C[C@@H](OC(=O)N3Cc4ccc(CCCN5CCOCC5)cc4C3)CN2C1=O)OC1CCCC1. The minimum atomic E-state index is -3.91. The van der Waals surface area contributed by atoms with Gasteiger partial charge in [-0.15, -0.1) is 0 Å². The monoisotopic (exact) mass is 852 g/mol. The molecule has 2 saturated heterocycles. The molecule has 3 N–H and O–H groups in total. The van der Waals surface area contributed by atoms with Gasteiger partial charge in [0.05, 0.1) is 25.0 Å². The molecular formula is C43H60N6O10S. The number of nitrogens with zero attached hydrogens (tertiary/aromatic N) is 3. The number of ether oxygens (including phenoxy) is 3. The largest absolute Gasteiger partial charge is 0.446 e. The molecule has 7 aliphatic rings. The van der Waals surface area contributed by atoms with Crippen LogP contribution in [0.2, 0.25) is 0 Å². The topological polar surface area (TPSA) is 193 Å². The molecule has 5 fully saturated rings. The van der Waals surface area contributed by atoms with Gasteiger partial charge in [-0.3, -0.25) is 28.9 Å². The number of sulfonamides is 1. The van der Waals surface area contributed by atoms with Crippen molar-refractivity contribution < 1.29 is 46.6 Å². The lowest BCUT2D eigenvalue weighted by molar-refractivity contribution is -0.141. The van der Waals surface area contributed by atoms with Gasteiger partial charge in [-0.2, -0.15) is 0 Å². The van der Waals surface area contributed by atoms with E-state index in [9.17, 15) is 32.4 Å². The summed E-state index contributed by atoms with van der Waals surface area (Å²) in [6, 6.07) is 4.16. The number of allylic oxidation sites excluding steroid dienone is 1. The molecule has 8 rings (SSSR count). The summed E-state index contributed by atoms with van der Waals surface area (Å²) in [5, 5.41) is 5.02. The third kappa shape index (κ3) is 10.1. The number of rotatable bonds is 10. The molecule has 3 saturated carbocycles. The quantitative estimate of drug-likeness (QED) is 0.292. The van der Waals surface area contributed by atoms with Crippen molar-refractivity contribution in [2.45, 2.75) is 144 Å². The Bertz CT molecular complexity index is 1930. The summed E-state index contributed by atoms with van der Waals surface area (Å²) < 4.78 is 45.1. The van der Waals surface area contributed by atoms with Gasteiger partial charge in [0.1, 0.15) is 29.8 Å². The highest BCUT2D eigenvalue weighted by atomic mass is 32.2. The first-order valence-corrected chi connectivity index (χ1v) is 23.7. The minimum absolute atomic E-state index is 0.0464. The lowest BCUT2D eigenvalue weighted by Crippen LogP contribution is -2.58. The number of carbonyl (C=O) groups excluding carboxylic acids is 5. The van der Waals surface area contributed by atoms with E-state index in [0.717, 1.165) is 95.3 Å². The Morgan fingerprint density at radius 3 is 2.47 bits per heavy atom. The summed E-state index contributed by atoms with van der Waals surface area (Å²) in [4.78, 5) is 75.0. The molecule has 5 amide bonds. The maximum Gasteiger partial charge on any atom is 0.410 e. The predicted molar refractivity (Wildman–Crippen MR) is 219 cm³/mol. The minimum Gasteiger partial charge on any atom is -0.446 e. The molecule has 17 heteroatoms. The Morgan fingerprint density at radius 2 is 1.68 bits per heavy atom. The number of hydrogen-bond donors (Lipinski definition) is 3. The first-order chi connectivity index (χ1) is 29.0. The van der Waals surface area contributed by atoms with Crippen LogP contribution in [0.1, 0.15) is 107 Å². The maximum atomic E-state index is 14.5. The summed E-state index contributed by atoms with van der Waals surface area (Å²) in [7, 11) is -3.91. The highest BCUT2D eigenvalue weighted by molar-refractivity contribution is 7.91. The van der Waals surface area contributed by atoms with Crippen LogP contribution in [-0.4, -0.2) is 127 Å². The lowest BCUT2D eigenvalue weighted by Gasteiger charge is -2.30. The Hall–Kier alpha value is -4.22. The van der Waals surface area contributed by atoms with Gasteiger partial charge in [0.2, 0.25) is 21.8 Å². The normalized spacial score (nSPS) is 29.6. The fourth-order valence-electron chi connectivity index (χ4n) is 9.46. The van der Waals surface area contributed by atoms with Crippen LogP contribution in [0.3, 0.4) is 0 Å². The smallest absolute Gasteiger partial charge is 0.410 e. The van der Waals surface area contributed by atoms with Crippen LogP contribution in [-0.2, 0) is 58.1 Å². The molecule has 0 aromatic heterocycles. The summed E-state index contributed by atoms with van der Waals surface area (Å²) in [5.74, 6) is -2.42. The molecule has 1 aromatic carbocycles. The number of hydrogen-bond acceptors (Lipinski definition) is 11. The predicted octanol–water partition coefficient (Wildman–Crippen LogP) is 3.41. The van der Waals surface area contributed by atoms with E-state index >= 15 is 0 Å². The zero-order chi connectivity index (χ0) is 41.9. The molecule has 60 heavy (non-hydrogen) atoms. The molecule has 3 aliphatic carbocycles. The van der Waals surface area contributed by atoms with Gasteiger partial charge < -0.3 is 29.7 Å². The second-order valence-electron chi connectivity index (χ2n) is 17.8. The van der Waals surface area contributed by atoms with Gasteiger partial charge in [0.25, 0.3) is 5.91 Å². The summed E-state index contributed by atoms with van der Waals surface area (Å²) in [5.41, 5.74) is 1.78. The third-order valence-corrected chi connectivity index (χ3v) is 15.1. The molecule has 1 aromatic rings. The molecule has 0 bridgehead atoms. The Kier molecular flexibility index (Phi) is 13.0. The molecule has 328 valence electrons. The number of fused-ring (bicyclic) bond motifs is 3. The van der Waals surface area contributed by atoms with Gasteiger partial charge in [0, 0.05) is 38.5 Å². The number of alkyl carbamates (subject to hydrolysis) is 1. The number of amides is 5. The van der Waals surface area contributed by atoms with E-state index in [-0.39, 0.29) is 25.5 Å². The molecule has 0 spiro atoms. The molecule has 0 radical (unpaired) electrons. The van der Waals surface area contributed by atoms with E-state index in [2.05, 4.69) is 38.5 Å². The highest BCUT2D eigenvalue weighted by Crippen LogP contribution is 2.46. The summed E-state index contributed by atoms with van der Waals surface area (Å²) in [6.07, 6.45) is 11.1. The van der Waals surface area contributed by atoms with Gasteiger partial charge in [-0.05, 0) is 100 Å². The van der Waals surface area contributed by atoms with Crippen molar-refractivity contribution in [2.75, 3.05) is 39.4 Å². The molecule has 4 heterocycles. The van der Waals surface area contributed by atoms with Gasteiger partial charge >= 0.3 is 12.2 Å². The van der Waals surface area contributed by atoms with Crippen molar-refractivity contribution in [1.29, 1.82) is 0 Å². The van der Waals surface area contributed by atoms with Crippen molar-refractivity contribution in [2.24, 2.45) is 5.92 Å². The molecule has 0 unspecified atom stereocenters. The van der Waals surface area contributed by atoms with E-state index in [1.807, 2.05) is 12.2 Å². The molecule has 4 aliphatic heterocycles.